The number of thiazole rings is 1. The highest BCUT2D eigenvalue weighted by Crippen LogP contribution is 2.33. The third-order valence-electron chi connectivity index (χ3n) is 6.40. The maximum Gasteiger partial charge on any atom is 0.573 e. The van der Waals surface area contributed by atoms with Crippen molar-refractivity contribution in [2.75, 3.05) is 18.9 Å². The Bertz CT molecular complexity index is 1390. The molecule has 41 heavy (non-hydrogen) atoms. The quantitative estimate of drug-likeness (QED) is 0.126. The lowest BCUT2D eigenvalue weighted by Crippen LogP contribution is -2.16. The molecule has 2 aromatic carbocycles. The van der Waals surface area contributed by atoms with Gasteiger partial charge in [-0.1, -0.05) is 63.2 Å². The largest absolute Gasteiger partial charge is 0.573 e. The smallest absolute Gasteiger partial charge is 0.478 e. The third kappa shape index (κ3) is 9.89. The summed E-state index contributed by atoms with van der Waals surface area (Å²) in [6, 6.07) is 8.58. The molecule has 12 heteroatoms. The molecule has 0 aliphatic carbocycles. The molecule has 0 spiro atoms. The number of alkyl halides is 3. The van der Waals surface area contributed by atoms with E-state index in [2.05, 4.69) is 32.3 Å². The fraction of sp³-hybridized carbons (Fsp3) is 0.483. The Hall–Kier alpha value is -3.38. The van der Waals surface area contributed by atoms with Crippen molar-refractivity contribution >= 4 is 49.6 Å². The van der Waals surface area contributed by atoms with Crippen molar-refractivity contribution in [3.05, 3.63) is 42.0 Å². The number of carboxylic acid groups (broad SMARTS) is 1. The highest BCUT2D eigenvalue weighted by Gasteiger charge is 2.31. The van der Waals surface area contributed by atoms with Gasteiger partial charge in [0, 0.05) is 12.6 Å². The van der Waals surface area contributed by atoms with Crippen molar-refractivity contribution in [2.24, 2.45) is 0 Å². The van der Waals surface area contributed by atoms with Gasteiger partial charge < -0.3 is 25.0 Å². The number of ether oxygens (including phenoxy) is 1. The molecule has 4 rings (SSSR count). The Balaban J connectivity index is 0.000000327. The Morgan fingerprint density at radius 1 is 0.976 bits per heavy atom. The Morgan fingerprint density at radius 2 is 1.68 bits per heavy atom. The van der Waals surface area contributed by atoms with Gasteiger partial charge >= 0.3 is 12.3 Å². The van der Waals surface area contributed by atoms with E-state index in [1.165, 1.54) is 88.2 Å². The molecule has 0 aliphatic rings. The number of rotatable bonds is 14. The standard InChI is InChI=1S/C18H13F3N4O3S.C11H25N/c1-2-25-13-6-3-9(15(26)27)7-12(13)22-16(25)24-17-23-11-5-4-10(8-14(11)29-17)28-18(19,20)21;1-3-4-5-6-7-8-9-10-11-12-2/h3-8H,2H2,1H3,(H,26,27)(H,22,23,24);12H,3-11H2,1-2H3. The number of benzene rings is 2. The minimum absolute atomic E-state index is 0.127. The molecule has 0 radical (unpaired) electrons. The topological polar surface area (TPSA) is 101 Å². The van der Waals surface area contributed by atoms with E-state index in [1.807, 2.05) is 18.5 Å². The summed E-state index contributed by atoms with van der Waals surface area (Å²) >= 11 is 1.15. The Morgan fingerprint density at radius 3 is 2.32 bits per heavy atom. The summed E-state index contributed by atoms with van der Waals surface area (Å²) in [5.41, 5.74) is 1.90. The van der Waals surface area contributed by atoms with E-state index in [0.29, 0.717) is 33.4 Å². The number of halogens is 3. The lowest BCUT2D eigenvalue weighted by Gasteiger charge is -2.07. The fourth-order valence-electron chi connectivity index (χ4n) is 4.37. The zero-order valence-electron chi connectivity index (χ0n) is 23.7. The molecule has 224 valence electrons. The van der Waals surface area contributed by atoms with Crippen LogP contribution in [0.1, 0.15) is 75.6 Å². The van der Waals surface area contributed by atoms with E-state index in [-0.39, 0.29) is 11.3 Å². The van der Waals surface area contributed by atoms with Crippen LogP contribution in [-0.2, 0) is 6.54 Å². The van der Waals surface area contributed by atoms with Crippen LogP contribution in [0.15, 0.2) is 36.4 Å². The molecule has 8 nitrogen and oxygen atoms in total. The second-order valence-corrected chi connectivity index (χ2v) is 10.6. The highest BCUT2D eigenvalue weighted by molar-refractivity contribution is 7.22. The van der Waals surface area contributed by atoms with Crippen molar-refractivity contribution in [1.29, 1.82) is 0 Å². The SMILES string of the molecule is CCCCCCCCCCNC.CCn1c(Nc2nc3ccc(OC(F)(F)F)cc3s2)nc2cc(C(=O)O)ccc21. The zero-order valence-corrected chi connectivity index (χ0v) is 24.5. The number of nitrogens with zero attached hydrogens (tertiary/aromatic N) is 3. The van der Waals surface area contributed by atoms with Crippen molar-refractivity contribution in [2.45, 2.75) is 78.1 Å². The van der Waals surface area contributed by atoms with Crippen molar-refractivity contribution in [3.8, 4) is 5.75 Å². The van der Waals surface area contributed by atoms with E-state index in [0.717, 1.165) is 16.9 Å². The third-order valence-corrected chi connectivity index (χ3v) is 7.34. The zero-order chi connectivity index (χ0) is 29.8. The molecule has 3 N–H and O–H groups in total. The van der Waals surface area contributed by atoms with Gasteiger partial charge in [0.25, 0.3) is 0 Å². The van der Waals surface area contributed by atoms with Gasteiger partial charge in [-0.15, -0.1) is 13.2 Å². The van der Waals surface area contributed by atoms with Gasteiger partial charge in [-0.05, 0) is 57.3 Å². The second-order valence-electron chi connectivity index (χ2n) is 9.59. The lowest BCUT2D eigenvalue weighted by atomic mass is 10.1. The normalized spacial score (nSPS) is 11.5. The number of imidazole rings is 1. The first-order chi connectivity index (χ1) is 19.6. The number of aromatic nitrogens is 3. The molecule has 0 aliphatic heterocycles. The first kappa shape index (κ1) is 32.1. The molecule has 0 amide bonds. The van der Waals surface area contributed by atoms with Gasteiger partial charge in [0.05, 0.1) is 26.8 Å². The molecule has 2 heterocycles. The van der Waals surface area contributed by atoms with Crippen LogP contribution in [0, 0.1) is 0 Å². The minimum Gasteiger partial charge on any atom is -0.478 e. The summed E-state index contributed by atoms with van der Waals surface area (Å²) in [5.74, 6) is -0.909. The number of carboxylic acids is 1. The molecule has 0 bridgehead atoms. The number of hydrogen-bond donors (Lipinski definition) is 3. The van der Waals surface area contributed by atoms with E-state index in [4.69, 9.17) is 5.11 Å². The number of hydrogen-bond acceptors (Lipinski definition) is 7. The van der Waals surface area contributed by atoms with Gasteiger partial charge in [-0.25, -0.2) is 14.8 Å². The minimum atomic E-state index is -4.76. The maximum atomic E-state index is 12.4. The molecule has 0 saturated heterocycles. The predicted octanol–water partition coefficient (Wildman–Crippen LogP) is 8.35. The molecule has 0 saturated carbocycles. The Labute approximate surface area is 241 Å². The van der Waals surface area contributed by atoms with Gasteiger partial charge in [0.15, 0.2) is 5.13 Å². The van der Waals surface area contributed by atoms with Crippen molar-refractivity contribution < 1.29 is 27.8 Å². The lowest BCUT2D eigenvalue weighted by molar-refractivity contribution is -0.274. The summed E-state index contributed by atoms with van der Waals surface area (Å²) in [7, 11) is 2.03. The van der Waals surface area contributed by atoms with Crippen LogP contribution in [0.5, 0.6) is 5.75 Å². The van der Waals surface area contributed by atoms with Crippen molar-refractivity contribution in [1.82, 2.24) is 19.9 Å². The Kier molecular flexibility index (Phi) is 12.2. The number of nitrogens with one attached hydrogen (secondary N) is 2. The van der Waals surface area contributed by atoms with Gasteiger partial charge in [-0.3, -0.25) is 0 Å². The van der Waals surface area contributed by atoms with Gasteiger partial charge in [-0.2, -0.15) is 0 Å². The summed E-state index contributed by atoms with van der Waals surface area (Å²) < 4.78 is 43.5. The number of carbonyl (C=O) groups is 1. The van der Waals surface area contributed by atoms with Gasteiger partial charge in [0.1, 0.15) is 5.75 Å². The number of unbranched alkanes of at least 4 members (excludes halogenated alkanes) is 7. The van der Waals surface area contributed by atoms with Crippen LogP contribution in [0.25, 0.3) is 21.3 Å². The van der Waals surface area contributed by atoms with Crippen molar-refractivity contribution in [3.63, 3.8) is 0 Å². The predicted molar refractivity (Wildman–Crippen MR) is 158 cm³/mol. The molecule has 4 aromatic rings. The summed E-state index contributed by atoms with van der Waals surface area (Å²) in [6.45, 7) is 5.94. The maximum absolute atomic E-state index is 12.4. The first-order valence-electron chi connectivity index (χ1n) is 14.0. The van der Waals surface area contributed by atoms with Crippen LogP contribution in [0.2, 0.25) is 0 Å². The number of aromatic carboxylic acids is 1. The summed E-state index contributed by atoms with van der Waals surface area (Å²) in [5, 5.41) is 15.8. The molecular weight excluding hydrogens is 555 g/mol. The number of anilines is 2. The summed E-state index contributed by atoms with van der Waals surface area (Å²) in [6.07, 6.45) is 6.57. The number of fused-ring (bicyclic) bond motifs is 2. The highest BCUT2D eigenvalue weighted by atomic mass is 32.1. The molecule has 2 aromatic heterocycles. The van der Waals surface area contributed by atoms with Crippen LogP contribution >= 0.6 is 11.3 Å². The van der Waals surface area contributed by atoms with Gasteiger partial charge in [0.2, 0.25) is 5.95 Å². The van der Waals surface area contributed by atoms with E-state index < -0.39 is 12.3 Å². The van der Waals surface area contributed by atoms with Crippen LogP contribution < -0.4 is 15.4 Å². The number of aryl methyl sites for hydroxylation is 1. The van der Waals surface area contributed by atoms with Crippen LogP contribution in [0.3, 0.4) is 0 Å². The molecule has 0 unspecified atom stereocenters. The second kappa shape index (κ2) is 15.6. The average molecular weight is 594 g/mol. The molecular formula is C29H38F3N5O3S. The van der Waals surface area contributed by atoms with E-state index in [9.17, 15) is 18.0 Å². The van der Waals surface area contributed by atoms with E-state index >= 15 is 0 Å². The summed E-state index contributed by atoms with van der Waals surface area (Å²) in [4.78, 5) is 20.0. The average Bonchev–Trinajstić information content (AvgIpc) is 3.48. The first-order valence-corrected chi connectivity index (χ1v) is 14.8. The monoisotopic (exact) mass is 593 g/mol. The fourth-order valence-corrected chi connectivity index (χ4v) is 5.25. The van der Waals surface area contributed by atoms with Crippen LogP contribution in [-0.4, -0.2) is 45.6 Å². The molecule has 0 atom stereocenters. The molecule has 0 fully saturated rings. The van der Waals surface area contributed by atoms with E-state index in [1.54, 1.807) is 6.07 Å². The van der Waals surface area contributed by atoms with Crippen LogP contribution in [0.4, 0.5) is 24.3 Å².